The lowest BCUT2D eigenvalue weighted by molar-refractivity contribution is 0.0212. The summed E-state index contributed by atoms with van der Waals surface area (Å²) >= 11 is 1.75. The lowest BCUT2D eigenvalue weighted by Crippen LogP contribution is -2.37. The molecule has 2 amide bonds. The maximum Gasteiger partial charge on any atom is 0.410 e. The van der Waals surface area contributed by atoms with Gasteiger partial charge in [0.05, 0.1) is 36.4 Å². The molecule has 6 rings (SSSR count). The van der Waals surface area contributed by atoms with E-state index in [1.54, 1.807) is 21.1 Å². The molecule has 1 aliphatic heterocycles. The van der Waals surface area contributed by atoms with Crippen molar-refractivity contribution in [1.82, 2.24) is 29.7 Å². The number of imidazole rings is 2. The Bertz CT molecular complexity index is 1950. The molecule has 4 heterocycles. The maximum absolute atomic E-state index is 12.9. The standard InChI is InChI=1S/C39H48N6O4S/c1-8-9-18-44(36(46)48-38(2,3)4)24-34-40-22-30(42-34)27-16-17-28-21-32(50-33(28)20-27)26-14-12-25(13-15-26)29-23-41-35(43-29)31-11-10-19-45(31)37(47)49-39(5,6)7/h12-17,20-23,31H,8-11,18-19,24H2,1-7H3,(H,40,42)(H,41,43)/t31-/m0/s1. The number of hydrogen-bond donors (Lipinski definition) is 2. The molecule has 1 fully saturated rings. The summed E-state index contributed by atoms with van der Waals surface area (Å²) in [6.45, 7) is 15.1. The first-order chi connectivity index (χ1) is 23.8. The maximum atomic E-state index is 12.9. The van der Waals surface area contributed by atoms with E-state index in [0.717, 1.165) is 65.4 Å². The van der Waals surface area contributed by atoms with Crippen LogP contribution in [0.2, 0.25) is 0 Å². The van der Waals surface area contributed by atoms with Crippen molar-refractivity contribution in [3.63, 3.8) is 0 Å². The SMILES string of the molecule is CCCCN(Cc1ncc(-c2ccc3cc(-c4ccc(-c5cnc([C@@H]6CCCN6C(=O)OC(C)(C)C)[nH]5)cc4)sc3c2)[nH]1)C(=O)OC(C)(C)C. The van der Waals surface area contributed by atoms with Gasteiger partial charge in [-0.15, -0.1) is 11.3 Å². The van der Waals surface area contributed by atoms with Crippen molar-refractivity contribution in [2.45, 2.75) is 97.9 Å². The third kappa shape index (κ3) is 8.38. The summed E-state index contributed by atoms with van der Waals surface area (Å²) in [5, 5.41) is 1.18. The van der Waals surface area contributed by atoms with E-state index in [4.69, 9.17) is 9.47 Å². The second-order valence-corrected chi connectivity index (χ2v) is 16.0. The number of thiophene rings is 1. The minimum atomic E-state index is -0.556. The fourth-order valence-electron chi connectivity index (χ4n) is 6.08. The summed E-state index contributed by atoms with van der Waals surface area (Å²) in [7, 11) is 0. The number of hydrogen-bond acceptors (Lipinski definition) is 7. The monoisotopic (exact) mass is 696 g/mol. The number of nitrogens with zero attached hydrogens (tertiary/aromatic N) is 4. The van der Waals surface area contributed by atoms with E-state index in [1.807, 2.05) is 53.9 Å². The van der Waals surface area contributed by atoms with E-state index in [2.05, 4.69) is 75.4 Å². The molecule has 0 saturated carbocycles. The molecule has 50 heavy (non-hydrogen) atoms. The smallest absolute Gasteiger partial charge is 0.410 e. The number of likely N-dealkylation sites (tertiary alicyclic amines) is 1. The van der Waals surface area contributed by atoms with Crippen molar-refractivity contribution < 1.29 is 19.1 Å². The minimum Gasteiger partial charge on any atom is -0.444 e. The van der Waals surface area contributed by atoms with E-state index in [-0.39, 0.29) is 18.2 Å². The molecule has 3 aromatic heterocycles. The van der Waals surface area contributed by atoms with Gasteiger partial charge in [0.2, 0.25) is 0 Å². The van der Waals surface area contributed by atoms with E-state index in [1.165, 1.54) is 15.0 Å². The number of nitrogens with one attached hydrogen (secondary N) is 2. The fourth-order valence-corrected chi connectivity index (χ4v) is 7.19. The number of fused-ring (bicyclic) bond motifs is 1. The number of amides is 2. The van der Waals surface area contributed by atoms with E-state index >= 15 is 0 Å². The zero-order valence-corrected chi connectivity index (χ0v) is 30.9. The Morgan fingerprint density at radius 1 is 0.900 bits per heavy atom. The molecule has 2 aromatic carbocycles. The van der Waals surface area contributed by atoms with Crippen LogP contribution in [0.1, 0.15) is 91.8 Å². The predicted molar refractivity (Wildman–Crippen MR) is 199 cm³/mol. The van der Waals surface area contributed by atoms with Gasteiger partial charge < -0.3 is 24.3 Å². The van der Waals surface area contributed by atoms with Crippen LogP contribution in [0.3, 0.4) is 0 Å². The third-order valence-corrected chi connectivity index (χ3v) is 9.65. The minimum absolute atomic E-state index is 0.118. The molecule has 11 heteroatoms. The first-order valence-corrected chi connectivity index (χ1v) is 18.3. The van der Waals surface area contributed by atoms with Crippen molar-refractivity contribution in [3.8, 4) is 33.0 Å². The number of ether oxygens (including phenoxy) is 2. The Labute approximate surface area is 298 Å². The van der Waals surface area contributed by atoms with Crippen molar-refractivity contribution >= 4 is 33.6 Å². The van der Waals surface area contributed by atoms with Gasteiger partial charge in [-0.05, 0) is 89.5 Å². The molecule has 1 atom stereocenters. The number of H-pyrrole nitrogens is 2. The highest BCUT2D eigenvalue weighted by molar-refractivity contribution is 7.22. The van der Waals surface area contributed by atoms with Crippen LogP contribution in [-0.2, 0) is 16.0 Å². The van der Waals surface area contributed by atoms with Gasteiger partial charge in [-0.2, -0.15) is 0 Å². The first-order valence-electron chi connectivity index (χ1n) is 17.5. The Morgan fingerprint density at radius 2 is 1.58 bits per heavy atom. The van der Waals surface area contributed by atoms with Gasteiger partial charge in [0.15, 0.2) is 0 Å². The Morgan fingerprint density at radius 3 is 2.30 bits per heavy atom. The summed E-state index contributed by atoms with van der Waals surface area (Å²) in [4.78, 5) is 46.5. The van der Waals surface area contributed by atoms with Crippen molar-refractivity contribution in [1.29, 1.82) is 0 Å². The van der Waals surface area contributed by atoms with E-state index in [0.29, 0.717) is 19.6 Å². The van der Waals surface area contributed by atoms with Crippen LogP contribution in [0, 0.1) is 0 Å². The fraction of sp³-hybridized carbons (Fsp3) is 0.436. The number of aromatic nitrogens is 4. The summed E-state index contributed by atoms with van der Waals surface area (Å²) in [6, 6.07) is 17.0. The van der Waals surface area contributed by atoms with Crippen LogP contribution in [0.4, 0.5) is 9.59 Å². The second-order valence-electron chi connectivity index (χ2n) is 15.0. The molecule has 0 aliphatic carbocycles. The summed E-state index contributed by atoms with van der Waals surface area (Å²) in [5.41, 5.74) is 3.95. The van der Waals surface area contributed by atoms with Crippen molar-refractivity contribution in [2.75, 3.05) is 13.1 Å². The molecule has 0 spiro atoms. The third-order valence-electron chi connectivity index (χ3n) is 8.51. The zero-order chi connectivity index (χ0) is 35.6. The van der Waals surface area contributed by atoms with Gasteiger partial charge in [-0.3, -0.25) is 4.90 Å². The Balaban J connectivity index is 1.14. The highest BCUT2D eigenvalue weighted by Gasteiger charge is 2.35. The summed E-state index contributed by atoms with van der Waals surface area (Å²) in [5.74, 6) is 1.51. The lowest BCUT2D eigenvalue weighted by atomic mass is 10.1. The first kappa shape index (κ1) is 35.2. The van der Waals surface area contributed by atoms with Gasteiger partial charge in [0.1, 0.15) is 22.9 Å². The molecule has 5 aromatic rings. The van der Waals surface area contributed by atoms with E-state index < -0.39 is 11.2 Å². The number of carbonyl (C=O) groups is 2. The molecular formula is C39H48N6O4S. The average Bonchev–Trinajstić information content (AvgIpc) is 3.87. The quantitative estimate of drug-likeness (QED) is 0.158. The topological polar surface area (TPSA) is 116 Å². The van der Waals surface area contributed by atoms with Crippen LogP contribution >= 0.6 is 11.3 Å². The van der Waals surface area contributed by atoms with Gasteiger partial charge in [0.25, 0.3) is 0 Å². The molecule has 1 saturated heterocycles. The number of benzene rings is 2. The summed E-state index contributed by atoms with van der Waals surface area (Å²) in [6.07, 6.45) is 6.71. The van der Waals surface area contributed by atoms with Gasteiger partial charge >= 0.3 is 12.2 Å². The predicted octanol–water partition coefficient (Wildman–Crippen LogP) is 9.96. The molecule has 264 valence electrons. The van der Waals surface area contributed by atoms with Gasteiger partial charge in [-0.25, -0.2) is 19.6 Å². The van der Waals surface area contributed by atoms with Crippen LogP contribution in [-0.4, -0.2) is 66.2 Å². The molecule has 0 bridgehead atoms. The molecule has 0 radical (unpaired) electrons. The lowest BCUT2D eigenvalue weighted by Gasteiger charge is -2.27. The molecule has 1 aliphatic rings. The summed E-state index contributed by atoms with van der Waals surface area (Å²) < 4.78 is 12.5. The molecule has 2 N–H and O–H groups in total. The Kier molecular flexibility index (Phi) is 10.1. The number of carbonyl (C=O) groups excluding carboxylic acids is 2. The Hall–Kier alpha value is -4.64. The normalized spacial score (nSPS) is 15.1. The highest BCUT2D eigenvalue weighted by atomic mass is 32.1. The number of aromatic amines is 2. The average molecular weight is 697 g/mol. The van der Waals surface area contributed by atoms with Crippen LogP contribution in [0.5, 0.6) is 0 Å². The second kappa shape index (κ2) is 14.3. The number of rotatable bonds is 9. The molecular weight excluding hydrogens is 649 g/mol. The van der Waals surface area contributed by atoms with Crippen LogP contribution in [0.15, 0.2) is 60.9 Å². The van der Waals surface area contributed by atoms with Crippen LogP contribution in [0.25, 0.3) is 43.0 Å². The largest absolute Gasteiger partial charge is 0.444 e. The van der Waals surface area contributed by atoms with Gasteiger partial charge in [-0.1, -0.05) is 49.7 Å². The van der Waals surface area contributed by atoms with Crippen LogP contribution < -0.4 is 0 Å². The zero-order valence-electron chi connectivity index (χ0n) is 30.1. The number of unbranched alkanes of at least 4 members (excludes halogenated alkanes) is 1. The molecule has 10 nitrogen and oxygen atoms in total. The van der Waals surface area contributed by atoms with Crippen molar-refractivity contribution in [2.24, 2.45) is 0 Å². The molecule has 0 unspecified atom stereocenters. The van der Waals surface area contributed by atoms with Gasteiger partial charge in [0, 0.05) is 28.2 Å². The highest BCUT2D eigenvalue weighted by Crippen LogP contribution is 2.37. The van der Waals surface area contributed by atoms with Crippen molar-refractivity contribution in [3.05, 3.63) is 72.6 Å². The van der Waals surface area contributed by atoms with E-state index in [9.17, 15) is 9.59 Å².